The minimum absolute atomic E-state index is 0.244. The van der Waals surface area contributed by atoms with E-state index in [-0.39, 0.29) is 11.6 Å². The zero-order chi connectivity index (χ0) is 22.0. The lowest BCUT2D eigenvalue weighted by molar-refractivity contribution is -0.113. The van der Waals surface area contributed by atoms with Crippen molar-refractivity contribution < 1.29 is 14.3 Å². The van der Waals surface area contributed by atoms with Gasteiger partial charge < -0.3 is 10.1 Å². The number of hydrogen-bond acceptors (Lipinski definition) is 3. The number of carbonyl (C=O) groups excluding carboxylic acids is 2. The van der Waals surface area contributed by atoms with Crippen LogP contribution in [0.15, 0.2) is 72.4 Å². The van der Waals surface area contributed by atoms with Gasteiger partial charge in [-0.2, -0.15) is 0 Å². The molecule has 3 amide bonds. The molecule has 0 atom stereocenters. The summed E-state index contributed by atoms with van der Waals surface area (Å²) in [6.07, 6.45) is 1.69. The van der Waals surface area contributed by atoms with Crippen LogP contribution in [0.25, 0.3) is 6.08 Å². The molecular formula is C23H15I3N2O3. The number of halogens is 3. The van der Waals surface area contributed by atoms with Crippen LogP contribution >= 0.6 is 67.8 Å². The summed E-state index contributed by atoms with van der Waals surface area (Å²) >= 11 is 6.73. The van der Waals surface area contributed by atoms with Crippen molar-refractivity contribution in [3.05, 3.63) is 94.3 Å². The third-order valence-corrected chi connectivity index (χ3v) is 6.84. The zero-order valence-electron chi connectivity index (χ0n) is 15.9. The van der Waals surface area contributed by atoms with Crippen LogP contribution < -0.4 is 15.0 Å². The summed E-state index contributed by atoms with van der Waals surface area (Å²) in [4.78, 5) is 26.3. The Morgan fingerprint density at radius 2 is 1.55 bits per heavy atom. The number of para-hydroxylation sites is 1. The summed E-state index contributed by atoms with van der Waals surface area (Å²) in [6.45, 7) is 0.476. The van der Waals surface area contributed by atoms with Gasteiger partial charge in [0.1, 0.15) is 18.1 Å². The molecule has 0 saturated carbocycles. The van der Waals surface area contributed by atoms with E-state index >= 15 is 0 Å². The van der Waals surface area contributed by atoms with E-state index < -0.39 is 6.03 Å². The average molecular weight is 748 g/mol. The summed E-state index contributed by atoms with van der Waals surface area (Å²) in [5.41, 5.74) is 2.69. The van der Waals surface area contributed by atoms with E-state index in [2.05, 4.69) is 85.2 Å². The molecule has 1 aliphatic rings. The second kappa shape index (κ2) is 9.86. The molecule has 1 heterocycles. The summed E-state index contributed by atoms with van der Waals surface area (Å²) < 4.78 is 9.09. The van der Waals surface area contributed by atoms with E-state index in [1.54, 1.807) is 30.3 Å². The Morgan fingerprint density at radius 3 is 2.19 bits per heavy atom. The lowest BCUT2D eigenvalue weighted by Gasteiger charge is -2.12. The van der Waals surface area contributed by atoms with E-state index in [0.717, 1.165) is 28.9 Å². The number of imide groups is 1. The molecule has 31 heavy (non-hydrogen) atoms. The maximum absolute atomic E-state index is 12.8. The molecule has 1 fully saturated rings. The normalized spacial score (nSPS) is 14.8. The number of benzene rings is 3. The average Bonchev–Trinajstić information content (AvgIpc) is 3.02. The first-order valence-electron chi connectivity index (χ1n) is 9.21. The van der Waals surface area contributed by atoms with Gasteiger partial charge in [0.05, 0.1) is 12.8 Å². The van der Waals surface area contributed by atoms with E-state index in [1.165, 1.54) is 3.57 Å². The number of anilines is 1. The van der Waals surface area contributed by atoms with Crippen LogP contribution in [0.1, 0.15) is 11.1 Å². The summed E-state index contributed by atoms with van der Waals surface area (Å²) in [5, 5.41) is 2.67. The van der Waals surface area contributed by atoms with Crippen LogP contribution in [-0.2, 0) is 11.4 Å². The molecule has 8 heteroatoms. The maximum Gasteiger partial charge on any atom is 0.333 e. The predicted molar refractivity (Wildman–Crippen MR) is 146 cm³/mol. The number of hydrogen-bond donors (Lipinski definition) is 1. The van der Waals surface area contributed by atoms with Gasteiger partial charge in [-0.15, -0.1) is 0 Å². The molecule has 0 bridgehead atoms. The zero-order valence-corrected chi connectivity index (χ0v) is 22.4. The van der Waals surface area contributed by atoms with Crippen LogP contribution in [0.3, 0.4) is 0 Å². The Kier molecular flexibility index (Phi) is 7.16. The van der Waals surface area contributed by atoms with E-state index in [4.69, 9.17) is 4.74 Å². The fraction of sp³-hybridized carbons (Fsp3) is 0.0435. The van der Waals surface area contributed by atoms with Crippen molar-refractivity contribution in [1.82, 2.24) is 5.32 Å². The molecule has 1 N–H and O–H groups in total. The summed E-state index contributed by atoms with van der Waals surface area (Å²) in [5.74, 6) is 0.426. The number of nitrogens with one attached hydrogen (secondary N) is 1. The van der Waals surface area contributed by atoms with E-state index in [0.29, 0.717) is 12.3 Å². The standard InChI is InChI=1S/C23H15I3N2O3/c24-16-8-6-14(7-9-16)13-31-21-18(25)10-15(11-19(21)26)12-20-22(29)28(23(30)27-20)17-4-2-1-3-5-17/h1-12H,13H2,(H,27,30)/b20-12+. The SMILES string of the molecule is O=C1N/C(=C/c2cc(I)c(OCc3ccc(I)cc3)c(I)c2)C(=O)N1c1ccccc1. The fourth-order valence-corrected chi connectivity index (χ4v) is 5.54. The van der Waals surface area contributed by atoms with Crippen LogP contribution in [0.4, 0.5) is 10.5 Å². The van der Waals surface area contributed by atoms with Crippen LogP contribution in [0.5, 0.6) is 5.75 Å². The number of carbonyl (C=O) groups is 2. The summed E-state index contributed by atoms with van der Waals surface area (Å²) in [7, 11) is 0. The van der Waals surface area contributed by atoms with Crippen molar-refractivity contribution in [3.63, 3.8) is 0 Å². The minimum atomic E-state index is -0.454. The molecule has 5 nitrogen and oxygen atoms in total. The number of rotatable bonds is 5. The van der Waals surface area contributed by atoms with Crippen molar-refractivity contribution in [2.24, 2.45) is 0 Å². The third kappa shape index (κ3) is 5.22. The van der Waals surface area contributed by atoms with Gasteiger partial charge in [-0.05, 0) is 121 Å². The first kappa shape index (κ1) is 22.5. The minimum Gasteiger partial charge on any atom is -0.487 e. The maximum atomic E-state index is 12.8. The first-order chi connectivity index (χ1) is 14.9. The Morgan fingerprint density at radius 1 is 0.903 bits per heavy atom. The van der Waals surface area contributed by atoms with E-state index in [1.807, 2.05) is 30.3 Å². The van der Waals surface area contributed by atoms with Crippen molar-refractivity contribution in [3.8, 4) is 5.75 Å². The molecule has 1 aliphatic heterocycles. The molecular weight excluding hydrogens is 733 g/mol. The Balaban J connectivity index is 1.54. The third-order valence-electron chi connectivity index (χ3n) is 4.52. The van der Waals surface area contributed by atoms with E-state index in [9.17, 15) is 9.59 Å². The lowest BCUT2D eigenvalue weighted by Crippen LogP contribution is -2.30. The van der Waals surface area contributed by atoms with Crippen molar-refractivity contribution in [2.75, 3.05) is 4.90 Å². The fourth-order valence-electron chi connectivity index (χ4n) is 3.05. The molecule has 0 spiro atoms. The van der Waals surface area contributed by atoms with Gasteiger partial charge >= 0.3 is 6.03 Å². The molecule has 0 aromatic heterocycles. The molecule has 0 unspecified atom stereocenters. The lowest BCUT2D eigenvalue weighted by atomic mass is 10.1. The topological polar surface area (TPSA) is 58.6 Å². The van der Waals surface area contributed by atoms with Gasteiger partial charge in [0.15, 0.2) is 0 Å². The van der Waals surface area contributed by atoms with Crippen molar-refractivity contribution in [1.29, 1.82) is 0 Å². The monoisotopic (exact) mass is 748 g/mol. The van der Waals surface area contributed by atoms with Crippen LogP contribution in [0, 0.1) is 10.7 Å². The Bertz CT molecular complexity index is 1160. The van der Waals surface area contributed by atoms with Crippen molar-refractivity contribution in [2.45, 2.75) is 6.61 Å². The number of nitrogens with zero attached hydrogens (tertiary/aromatic N) is 1. The number of urea groups is 1. The second-order valence-electron chi connectivity index (χ2n) is 6.69. The highest BCUT2D eigenvalue weighted by Gasteiger charge is 2.34. The smallest absolute Gasteiger partial charge is 0.333 e. The van der Waals surface area contributed by atoms with Gasteiger partial charge in [0.25, 0.3) is 5.91 Å². The molecule has 3 aromatic rings. The number of ether oxygens (including phenoxy) is 1. The molecule has 3 aromatic carbocycles. The molecule has 156 valence electrons. The highest BCUT2D eigenvalue weighted by atomic mass is 127. The molecule has 0 radical (unpaired) electrons. The van der Waals surface area contributed by atoms with Gasteiger partial charge in [-0.1, -0.05) is 30.3 Å². The van der Waals surface area contributed by atoms with Crippen LogP contribution in [-0.4, -0.2) is 11.9 Å². The number of amides is 3. The molecule has 1 saturated heterocycles. The van der Waals surface area contributed by atoms with Crippen molar-refractivity contribution >= 4 is 91.5 Å². The first-order valence-corrected chi connectivity index (χ1v) is 12.4. The summed E-state index contributed by atoms with van der Waals surface area (Å²) in [6, 6.07) is 20.5. The highest BCUT2D eigenvalue weighted by molar-refractivity contribution is 14.1. The van der Waals surface area contributed by atoms with Crippen LogP contribution in [0.2, 0.25) is 0 Å². The highest BCUT2D eigenvalue weighted by Crippen LogP contribution is 2.31. The quantitative estimate of drug-likeness (QED) is 0.193. The molecule has 0 aliphatic carbocycles. The Labute approximate surface area is 220 Å². The second-order valence-corrected chi connectivity index (χ2v) is 10.3. The predicted octanol–water partition coefficient (Wildman–Crippen LogP) is 6.18. The van der Waals surface area contributed by atoms with Gasteiger partial charge in [-0.3, -0.25) is 4.79 Å². The van der Waals surface area contributed by atoms with Gasteiger partial charge in [0, 0.05) is 3.57 Å². The Hall–Kier alpha value is -1.67. The van der Waals surface area contributed by atoms with Gasteiger partial charge in [-0.25, -0.2) is 9.69 Å². The largest absolute Gasteiger partial charge is 0.487 e. The van der Waals surface area contributed by atoms with Gasteiger partial charge in [0.2, 0.25) is 0 Å². The molecule has 4 rings (SSSR count).